The van der Waals surface area contributed by atoms with E-state index in [9.17, 15) is 13.2 Å². The lowest BCUT2D eigenvalue weighted by atomic mass is 10.2. The van der Waals surface area contributed by atoms with Crippen molar-refractivity contribution in [3.8, 4) is 0 Å². The quantitative estimate of drug-likeness (QED) is 0.836. The first-order valence-electron chi connectivity index (χ1n) is 5.59. The maximum Gasteiger partial charge on any atom is 0.371 e. The standard InChI is InChI=1S/C10H14N2O5S/c13-10(14)8-4-5-9(17-8)18(15,16)11-12-6-2-1-3-7-12/h4-5,11H,1-3,6-7H2,(H,13,14). The third-order valence-corrected chi connectivity index (χ3v) is 3.91. The molecule has 2 heterocycles. The van der Waals surface area contributed by atoms with Gasteiger partial charge in [0.15, 0.2) is 0 Å². The van der Waals surface area contributed by atoms with Gasteiger partial charge >= 0.3 is 5.97 Å². The summed E-state index contributed by atoms with van der Waals surface area (Å²) in [7, 11) is -3.83. The van der Waals surface area contributed by atoms with Crippen molar-refractivity contribution in [1.29, 1.82) is 0 Å². The van der Waals surface area contributed by atoms with Crippen molar-refractivity contribution >= 4 is 16.0 Å². The first-order valence-corrected chi connectivity index (χ1v) is 7.08. The number of piperidine rings is 1. The number of nitrogens with one attached hydrogen (secondary N) is 1. The van der Waals surface area contributed by atoms with Gasteiger partial charge in [-0.05, 0) is 25.0 Å². The average molecular weight is 274 g/mol. The molecule has 2 N–H and O–H groups in total. The molecular weight excluding hydrogens is 260 g/mol. The van der Waals surface area contributed by atoms with Crippen LogP contribution in [0.4, 0.5) is 0 Å². The monoisotopic (exact) mass is 274 g/mol. The molecule has 1 aliphatic heterocycles. The molecule has 0 atom stereocenters. The SMILES string of the molecule is O=C(O)c1ccc(S(=O)(=O)NN2CCCCC2)o1. The molecule has 0 amide bonds. The van der Waals surface area contributed by atoms with Gasteiger partial charge in [0.1, 0.15) is 0 Å². The second kappa shape index (κ2) is 5.09. The molecule has 1 aromatic rings. The van der Waals surface area contributed by atoms with Crippen molar-refractivity contribution in [2.75, 3.05) is 13.1 Å². The summed E-state index contributed by atoms with van der Waals surface area (Å²) in [4.78, 5) is 13.0. The Labute approximate surface area is 104 Å². The Kier molecular flexibility index (Phi) is 3.69. The number of hydrogen-bond donors (Lipinski definition) is 2. The summed E-state index contributed by atoms with van der Waals surface area (Å²) in [6.07, 6.45) is 2.95. The summed E-state index contributed by atoms with van der Waals surface area (Å²) in [6.45, 7) is 1.29. The van der Waals surface area contributed by atoms with Gasteiger partial charge in [0.2, 0.25) is 10.9 Å². The number of aromatic carboxylic acids is 1. The molecule has 0 spiro atoms. The van der Waals surface area contributed by atoms with Crippen LogP contribution in [-0.4, -0.2) is 37.6 Å². The van der Waals surface area contributed by atoms with Gasteiger partial charge in [-0.1, -0.05) is 6.42 Å². The minimum Gasteiger partial charge on any atom is -0.475 e. The highest BCUT2D eigenvalue weighted by atomic mass is 32.2. The highest BCUT2D eigenvalue weighted by Crippen LogP contribution is 2.15. The van der Waals surface area contributed by atoms with Crippen LogP contribution < -0.4 is 4.83 Å². The Hall–Kier alpha value is -1.38. The molecule has 0 bridgehead atoms. The smallest absolute Gasteiger partial charge is 0.371 e. The topological polar surface area (TPSA) is 99.8 Å². The van der Waals surface area contributed by atoms with Gasteiger partial charge in [-0.25, -0.2) is 18.2 Å². The Balaban J connectivity index is 2.11. The summed E-state index contributed by atoms with van der Waals surface area (Å²) < 4.78 is 28.6. The van der Waals surface area contributed by atoms with Crippen LogP contribution in [0.3, 0.4) is 0 Å². The maximum atomic E-state index is 11.9. The molecule has 7 nitrogen and oxygen atoms in total. The van der Waals surface area contributed by atoms with Crippen LogP contribution in [0.1, 0.15) is 29.8 Å². The van der Waals surface area contributed by atoms with E-state index in [1.165, 1.54) is 0 Å². The highest BCUT2D eigenvalue weighted by molar-refractivity contribution is 7.89. The van der Waals surface area contributed by atoms with E-state index in [-0.39, 0.29) is 5.09 Å². The lowest BCUT2D eigenvalue weighted by molar-refractivity contribution is 0.0656. The van der Waals surface area contributed by atoms with Crippen molar-refractivity contribution in [2.24, 2.45) is 0 Å². The third kappa shape index (κ3) is 2.89. The maximum absolute atomic E-state index is 11.9. The molecule has 18 heavy (non-hydrogen) atoms. The predicted molar refractivity (Wildman–Crippen MR) is 61.4 cm³/mol. The first kappa shape index (κ1) is 13.1. The molecule has 1 aliphatic rings. The molecule has 1 saturated heterocycles. The van der Waals surface area contributed by atoms with Gasteiger partial charge < -0.3 is 9.52 Å². The van der Waals surface area contributed by atoms with Gasteiger partial charge in [0, 0.05) is 13.1 Å². The number of hydrogen-bond acceptors (Lipinski definition) is 5. The van der Waals surface area contributed by atoms with E-state index in [2.05, 4.69) is 4.83 Å². The minimum absolute atomic E-state index is 0.384. The van der Waals surface area contributed by atoms with Gasteiger partial charge in [-0.2, -0.15) is 0 Å². The lowest BCUT2D eigenvalue weighted by Gasteiger charge is -2.25. The van der Waals surface area contributed by atoms with Gasteiger partial charge in [-0.15, -0.1) is 4.83 Å². The second-order valence-corrected chi connectivity index (χ2v) is 5.66. The number of carbonyl (C=O) groups is 1. The summed E-state index contributed by atoms with van der Waals surface area (Å²) >= 11 is 0. The number of carboxylic acid groups (broad SMARTS) is 1. The van der Waals surface area contributed by atoms with Crippen molar-refractivity contribution in [3.63, 3.8) is 0 Å². The molecule has 0 aromatic carbocycles. The molecule has 0 radical (unpaired) electrons. The number of nitrogens with zero attached hydrogens (tertiary/aromatic N) is 1. The van der Waals surface area contributed by atoms with Gasteiger partial charge in [0.25, 0.3) is 10.0 Å². The Morgan fingerprint density at radius 2 is 1.94 bits per heavy atom. The Morgan fingerprint density at radius 1 is 1.28 bits per heavy atom. The summed E-state index contributed by atoms with van der Waals surface area (Å²) in [5.74, 6) is -1.69. The summed E-state index contributed by atoms with van der Waals surface area (Å²) in [5, 5.41) is 9.88. The van der Waals surface area contributed by atoms with E-state index >= 15 is 0 Å². The molecule has 0 unspecified atom stereocenters. The fraction of sp³-hybridized carbons (Fsp3) is 0.500. The number of hydrazine groups is 1. The molecule has 1 aromatic heterocycles. The minimum atomic E-state index is -3.83. The molecule has 2 rings (SSSR count). The van der Waals surface area contributed by atoms with Gasteiger partial charge in [-0.3, -0.25) is 0 Å². The van der Waals surface area contributed by atoms with Crippen LogP contribution in [0.2, 0.25) is 0 Å². The third-order valence-electron chi connectivity index (χ3n) is 2.66. The van der Waals surface area contributed by atoms with E-state index in [4.69, 9.17) is 9.52 Å². The van der Waals surface area contributed by atoms with Crippen molar-refractivity contribution < 1.29 is 22.7 Å². The molecular formula is C10H14N2O5S. The van der Waals surface area contributed by atoms with Crippen molar-refractivity contribution in [1.82, 2.24) is 9.84 Å². The fourth-order valence-electron chi connectivity index (χ4n) is 1.78. The van der Waals surface area contributed by atoms with Crippen molar-refractivity contribution in [2.45, 2.75) is 24.4 Å². The molecule has 1 fully saturated rings. The second-order valence-electron chi connectivity index (χ2n) is 4.07. The fourth-order valence-corrected chi connectivity index (χ4v) is 2.84. The average Bonchev–Trinajstić information content (AvgIpc) is 2.79. The van der Waals surface area contributed by atoms with Gasteiger partial charge in [0.05, 0.1) is 0 Å². The molecule has 100 valence electrons. The van der Waals surface area contributed by atoms with Crippen LogP contribution in [-0.2, 0) is 10.0 Å². The Morgan fingerprint density at radius 3 is 2.50 bits per heavy atom. The van der Waals surface area contributed by atoms with E-state index in [0.29, 0.717) is 13.1 Å². The van der Waals surface area contributed by atoms with Crippen molar-refractivity contribution in [3.05, 3.63) is 17.9 Å². The Bertz CT molecular complexity index is 530. The zero-order valence-electron chi connectivity index (χ0n) is 9.63. The van der Waals surface area contributed by atoms with E-state index in [1.54, 1.807) is 5.01 Å². The largest absolute Gasteiger partial charge is 0.475 e. The normalized spacial score (nSPS) is 17.8. The molecule has 0 aliphatic carbocycles. The van der Waals surface area contributed by atoms with E-state index < -0.39 is 21.8 Å². The number of rotatable bonds is 4. The van der Waals surface area contributed by atoms with Crippen LogP contribution in [0, 0.1) is 0 Å². The zero-order chi connectivity index (χ0) is 13.2. The number of sulfonamides is 1. The zero-order valence-corrected chi connectivity index (χ0v) is 10.4. The van der Waals surface area contributed by atoms with E-state index in [0.717, 1.165) is 31.4 Å². The molecule has 0 saturated carbocycles. The molecule has 8 heteroatoms. The number of furan rings is 1. The summed E-state index contributed by atoms with van der Waals surface area (Å²) in [5.41, 5.74) is 0. The summed E-state index contributed by atoms with van der Waals surface area (Å²) in [6, 6.07) is 2.25. The first-order chi connectivity index (χ1) is 8.49. The van der Waals surface area contributed by atoms with Crippen LogP contribution >= 0.6 is 0 Å². The van der Waals surface area contributed by atoms with Crippen LogP contribution in [0.15, 0.2) is 21.6 Å². The predicted octanol–water partition coefficient (Wildman–Crippen LogP) is 0.657. The number of carboxylic acids is 1. The van der Waals surface area contributed by atoms with Crippen LogP contribution in [0.25, 0.3) is 0 Å². The lowest BCUT2D eigenvalue weighted by Crippen LogP contribution is -2.44. The highest BCUT2D eigenvalue weighted by Gasteiger charge is 2.24. The van der Waals surface area contributed by atoms with E-state index in [1.807, 2.05) is 0 Å². The van der Waals surface area contributed by atoms with Crippen LogP contribution in [0.5, 0.6) is 0 Å².